The van der Waals surface area contributed by atoms with Crippen LogP contribution in [0.4, 0.5) is 0 Å². The van der Waals surface area contributed by atoms with Gasteiger partial charge >= 0.3 is 0 Å². The van der Waals surface area contributed by atoms with E-state index >= 15 is 0 Å². The van der Waals surface area contributed by atoms with Crippen LogP contribution in [0.2, 0.25) is 0 Å². The number of hydrogen-bond donors (Lipinski definition) is 0. The fraction of sp³-hybridized carbons (Fsp3) is 0.154. The Balaban J connectivity index is 1.95. The lowest BCUT2D eigenvalue weighted by Crippen LogP contribution is -2.07. The van der Waals surface area contributed by atoms with Gasteiger partial charge in [0.25, 0.3) is 0 Å². The molecule has 2 heterocycles. The monoisotopic (exact) mass is 212 g/mol. The van der Waals surface area contributed by atoms with Crippen LogP contribution in [-0.4, -0.2) is 15.8 Å². The van der Waals surface area contributed by atoms with Gasteiger partial charge in [-0.25, -0.2) is 0 Å². The molecule has 3 heteroatoms. The lowest BCUT2D eigenvalue weighted by molar-refractivity contribution is -0.117. The third kappa shape index (κ3) is 2.98. The SMILES string of the molecule is O=C(Cc1ccncc1)Cc1ccccn1. The number of rotatable bonds is 4. The maximum atomic E-state index is 11.7. The van der Waals surface area contributed by atoms with E-state index in [9.17, 15) is 4.79 Å². The van der Waals surface area contributed by atoms with Gasteiger partial charge in [0.1, 0.15) is 5.78 Å². The molecular formula is C13H12N2O. The summed E-state index contributed by atoms with van der Waals surface area (Å²) in [7, 11) is 0. The molecule has 0 aliphatic rings. The number of Topliss-reactive ketones (excluding diaryl/α,β-unsaturated/α-hetero) is 1. The van der Waals surface area contributed by atoms with Crippen LogP contribution in [0, 0.1) is 0 Å². The molecule has 0 aliphatic heterocycles. The van der Waals surface area contributed by atoms with Crippen LogP contribution in [0.15, 0.2) is 48.9 Å². The van der Waals surface area contributed by atoms with Crippen molar-refractivity contribution in [3.05, 3.63) is 60.2 Å². The van der Waals surface area contributed by atoms with Crippen molar-refractivity contribution in [2.45, 2.75) is 12.8 Å². The fourth-order valence-corrected chi connectivity index (χ4v) is 1.50. The van der Waals surface area contributed by atoms with E-state index in [1.165, 1.54) is 0 Å². The van der Waals surface area contributed by atoms with Gasteiger partial charge in [-0.3, -0.25) is 14.8 Å². The quantitative estimate of drug-likeness (QED) is 0.776. The lowest BCUT2D eigenvalue weighted by atomic mass is 10.1. The first-order valence-corrected chi connectivity index (χ1v) is 5.15. The molecule has 2 aromatic heterocycles. The summed E-state index contributed by atoms with van der Waals surface area (Å²) in [5, 5.41) is 0. The van der Waals surface area contributed by atoms with Crippen molar-refractivity contribution in [1.29, 1.82) is 0 Å². The van der Waals surface area contributed by atoms with E-state index in [1.807, 2.05) is 30.3 Å². The number of aromatic nitrogens is 2. The molecule has 3 nitrogen and oxygen atoms in total. The van der Waals surface area contributed by atoms with Gasteiger partial charge < -0.3 is 0 Å². The molecule has 0 bridgehead atoms. The van der Waals surface area contributed by atoms with E-state index in [1.54, 1.807) is 18.6 Å². The van der Waals surface area contributed by atoms with Gasteiger partial charge in [-0.1, -0.05) is 6.07 Å². The zero-order valence-electron chi connectivity index (χ0n) is 8.84. The maximum Gasteiger partial charge on any atom is 0.143 e. The van der Waals surface area contributed by atoms with Crippen molar-refractivity contribution in [2.24, 2.45) is 0 Å². The Hall–Kier alpha value is -2.03. The predicted octanol–water partition coefficient (Wildman–Crippen LogP) is 1.83. The molecule has 0 aromatic carbocycles. The number of ketones is 1. The zero-order valence-corrected chi connectivity index (χ0v) is 8.84. The highest BCUT2D eigenvalue weighted by Crippen LogP contribution is 2.02. The van der Waals surface area contributed by atoms with Crippen molar-refractivity contribution in [2.75, 3.05) is 0 Å². The van der Waals surface area contributed by atoms with Gasteiger partial charge in [-0.2, -0.15) is 0 Å². The zero-order chi connectivity index (χ0) is 11.2. The molecule has 0 atom stereocenters. The van der Waals surface area contributed by atoms with E-state index in [0.29, 0.717) is 12.8 Å². The molecule has 2 aromatic rings. The van der Waals surface area contributed by atoms with Gasteiger partial charge in [0.2, 0.25) is 0 Å². The standard InChI is InChI=1S/C13H12N2O/c16-13(9-11-4-7-14-8-5-11)10-12-3-1-2-6-15-12/h1-8H,9-10H2. The van der Waals surface area contributed by atoms with Crippen molar-refractivity contribution in [3.8, 4) is 0 Å². The molecule has 0 saturated heterocycles. The lowest BCUT2D eigenvalue weighted by Gasteiger charge is -2.00. The molecule has 0 aliphatic carbocycles. The Labute approximate surface area is 94.2 Å². The molecule has 0 amide bonds. The number of hydrogen-bond acceptors (Lipinski definition) is 3. The largest absolute Gasteiger partial charge is 0.299 e. The first kappa shape index (κ1) is 10.5. The van der Waals surface area contributed by atoms with Gasteiger partial charge in [-0.05, 0) is 29.8 Å². The van der Waals surface area contributed by atoms with E-state index in [-0.39, 0.29) is 5.78 Å². The summed E-state index contributed by atoms with van der Waals surface area (Å²) in [6.07, 6.45) is 5.93. The van der Waals surface area contributed by atoms with Crippen LogP contribution >= 0.6 is 0 Å². The third-order valence-electron chi connectivity index (χ3n) is 2.26. The first-order valence-electron chi connectivity index (χ1n) is 5.15. The highest BCUT2D eigenvalue weighted by Gasteiger charge is 2.05. The van der Waals surface area contributed by atoms with E-state index in [0.717, 1.165) is 11.3 Å². The maximum absolute atomic E-state index is 11.7. The van der Waals surface area contributed by atoms with Crippen molar-refractivity contribution < 1.29 is 4.79 Å². The summed E-state index contributed by atoms with van der Waals surface area (Å²) in [6, 6.07) is 9.32. The van der Waals surface area contributed by atoms with Crippen molar-refractivity contribution in [1.82, 2.24) is 9.97 Å². The van der Waals surface area contributed by atoms with Gasteiger partial charge in [0.05, 0.1) is 0 Å². The first-order chi connectivity index (χ1) is 7.84. The molecule has 2 rings (SSSR count). The highest BCUT2D eigenvalue weighted by molar-refractivity contribution is 5.82. The minimum Gasteiger partial charge on any atom is -0.299 e. The highest BCUT2D eigenvalue weighted by atomic mass is 16.1. The molecule has 0 radical (unpaired) electrons. The van der Waals surface area contributed by atoms with Crippen LogP contribution < -0.4 is 0 Å². The van der Waals surface area contributed by atoms with E-state index in [4.69, 9.17) is 0 Å². The average Bonchev–Trinajstić information content (AvgIpc) is 2.31. The summed E-state index contributed by atoms with van der Waals surface area (Å²) >= 11 is 0. The molecule has 80 valence electrons. The predicted molar refractivity (Wildman–Crippen MR) is 60.9 cm³/mol. The molecular weight excluding hydrogens is 200 g/mol. The Morgan fingerprint density at radius 3 is 2.50 bits per heavy atom. The molecule has 0 unspecified atom stereocenters. The summed E-state index contributed by atoms with van der Waals surface area (Å²) < 4.78 is 0. The second kappa shape index (κ2) is 5.16. The van der Waals surface area contributed by atoms with E-state index < -0.39 is 0 Å². The van der Waals surface area contributed by atoms with E-state index in [2.05, 4.69) is 9.97 Å². The topological polar surface area (TPSA) is 42.9 Å². The van der Waals surface area contributed by atoms with Crippen LogP contribution in [0.1, 0.15) is 11.3 Å². The van der Waals surface area contributed by atoms with Gasteiger partial charge in [0.15, 0.2) is 0 Å². The van der Waals surface area contributed by atoms with Crippen molar-refractivity contribution >= 4 is 5.78 Å². The third-order valence-corrected chi connectivity index (χ3v) is 2.26. The fourth-order valence-electron chi connectivity index (χ4n) is 1.50. The average molecular weight is 212 g/mol. The Bertz CT molecular complexity index is 410. The Morgan fingerprint density at radius 2 is 1.81 bits per heavy atom. The molecule has 0 fully saturated rings. The summed E-state index contributed by atoms with van der Waals surface area (Å²) in [5.74, 6) is 0.171. The summed E-state index contributed by atoms with van der Waals surface area (Å²) in [6.45, 7) is 0. The van der Waals surface area contributed by atoms with Crippen LogP contribution in [0.5, 0.6) is 0 Å². The smallest absolute Gasteiger partial charge is 0.143 e. The number of nitrogens with zero attached hydrogens (tertiary/aromatic N) is 2. The van der Waals surface area contributed by atoms with Crippen molar-refractivity contribution in [3.63, 3.8) is 0 Å². The normalized spacial score (nSPS) is 10.0. The molecule has 16 heavy (non-hydrogen) atoms. The Morgan fingerprint density at radius 1 is 1.00 bits per heavy atom. The Kier molecular flexibility index (Phi) is 3.38. The number of carbonyl (C=O) groups is 1. The van der Waals surface area contributed by atoms with Gasteiger partial charge in [0, 0.05) is 37.1 Å². The van der Waals surface area contributed by atoms with Crippen LogP contribution in [0.3, 0.4) is 0 Å². The number of carbonyl (C=O) groups excluding carboxylic acids is 1. The second-order valence-electron chi connectivity index (χ2n) is 3.57. The molecule has 0 N–H and O–H groups in total. The number of pyridine rings is 2. The summed E-state index contributed by atoms with van der Waals surface area (Å²) in [5.41, 5.74) is 1.82. The summed E-state index contributed by atoms with van der Waals surface area (Å²) in [4.78, 5) is 19.8. The second-order valence-corrected chi connectivity index (χ2v) is 3.57. The minimum atomic E-state index is 0.171. The van der Waals surface area contributed by atoms with Crippen LogP contribution in [-0.2, 0) is 17.6 Å². The molecule has 0 spiro atoms. The molecule has 0 saturated carbocycles. The minimum absolute atomic E-state index is 0.171. The van der Waals surface area contributed by atoms with Gasteiger partial charge in [-0.15, -0.1) is 0 Å². The van der Waals surface area contributed by atoms with Crippen LogP contribution in [0.25, 0.3) is 0 Å².